The Morgan fingerprint density at radius 1 is 1.32 bits per heavy atom. The maximum atomic E-state index is 14.2. The molecule has 108 valence electrons. The minimum Gasteiger partial charge on any atom is -0.312 e. The Bertz CT molecular complexity index is 443. The maximum absolute atomic E-state index is 14.2. The molecule has 0 aromatic heterocycles. The van der Waals surface area contributed by atoms with E-state index in [4.69, 9.17) is 11.6 Å². The summed E-state index contributed by atoms with van der Waals surface area (Å²) in [7, 11) is 0. The van der Waals surface area contributed by atoms with E-state index in [2.05, 4.69) is 48.9 Å². The van der Waals surface area contributed by atoms with E-state index in [1.165, 1.54) is 0 Å². The standard InChI is InChI=1S/C15H22BrClFN/c1-9(8-19-15(3,4)5)10(2)11-6-7-12(16)13(17)14(11)18/h6-7,9-10,19H,8H2,1-5H3. The van der Waals surface area contributed by atoms with Crippen molar-refractivity contribution in [3.8, 4) is 0 Å². The molecule has 0 aliphatic heterocycles. The lowest BCUT2D eigenvalue weighted by molar-refractivity contribution is 0.355. The molecule has 2 unspecified atom stereocenters. The van der Waals surface area contributed by atoms with Gasteiger partial charge in [0.25, 0.3) is 0 Å². The second-order valence-electron chi connectivity index (χ2n) is 6.16. The number of hydrogen-bond donors (Lipinski definition) is 1. The van der Waals surface area contributed by atoms with Crippen molar-refractivity contribution in [1.82, 2.24) is 5.32 Å². The highest BCUT2D eigenvalue weighted by atomic mass is 79.9. The van der Waals surface area contributed by atoms with Crippen molar-refractivity contribution in [2.45, 2.75) is 46.1 Å². The lowest BCUT2D eigenvalue weighted by atomic mass is 9.88. The lowest BCUT2D eigenvalue weighted by Crippen LogP contribution is -2.39. The van der Waals surface area contributed by atoms with E-state index in [1.54, 1.807) is 6.07 Å². The van der Waals surface area contributed by atoms with Gasteiger partial charge in [-0.25, -0.2) is 4.39 Å². The van der Waals surface area contributed by atoms with Crippen molar-refractivity contribution in [3.63, 3.8) is 0 Å². The predicted molar refractivity (Wildman–Crippen MR) is 84.4 cm³/mol. The molecule has 0 fully saturated rings. The zero-order chi connectivity index (χ0) is 14.8. The second-order valence-corrected chi connectivity index (χ2v) is 7.39. The van der Waals surface area contributed by atoms with Gasteiger partial charge in [0.1, 0.15) is 5.82 Å². The first-order valence-electron chi connectivity index (χ1n) is 6.52. The van der Waals surface area contributed by atoms with Crippen LogP contribution < -0.4 is 5.32 Å². The van der Waals surface area contributed by atoms with E-state index in [0.29, 0.717) is 16.0 Å². The third kappa shape index (κ3) is 4.73. The first-order chi connectivity index (χ1) is 8.63. The summed E-state index contributed by atoms with van der Waals surface area (Å²) in [6.07, 6.45) is 0. The minimum atomic E-state index is -0.314. The van der Waals surface area contributed by atoms with Crippen LogP contribution in [-0.4, -0.2) is 12.1 Å². The van der Waals surface area contributed by atoms with Crippen molar-refractivity contribution < 1.29 is 4.39 Å². The molecule has 0 aliphatic rings. The van der Waals surface area contributed by atoms with Crippen molar-refractivity contribution in [3.05, 3.63) is 33.0 Å². The molecule has 2 atom stereocenters. The highest BCUT2D eigenvalue weighted by molar-refractivity contribution is 9.10. The fraction of sp³-hybridized carbons (Fsp3) is 0.600. The smallest absolute Gasteiger partial charge is 0.146 e. The first-order valence-corrected chi connectivity index (χ1v) is 7.69. The fourth-order valence-electron chi connectivity index (χ4n) is 1.84. The maximum Gasteiger partial charge on any atom is 0.146 e. The SMILES string of the molecule is CC(CNC(C)(C)C)C(C)c1ccc(Br)c(Cl)c1F. The number of halogens is 3. The van der Waals surface area contributed by atoms with E-state index < -0.39 is 0 Å². The molecule has 1 rings (SSSR count). The zero-order valence-electron chi connectivity index (χ0n) is 12.2. The Labute approximate surface area is 129 Å². The highest BCUT2D eigenvalue weighted by Crippen LogP contribution is 2.33. The molecule has 0 amide bonds. The van der Waals surface area contributed by atoms with Gasteiger partial charge in [-0.1, -0.05) is 31.5 Å². The van der Waals surface area contributed by atoms with Crippen molar-refractivity contribution >= 4 is 27.5 Å². The molecule has 0 bridgehead atoms. The normalized spacial score (nSPS) is 15.4. The summed E-state index contributed by atoms with van der Waals surface area (Å²) >= 11 is 9.18. The molecule has 0 heterocycles. The van der Waals surface area contributed by atoms with E-state index in [9.17, 15) is 4.39 Å². The Morgan fingerprint density at radius 2 is 1.89 bits per heavy atom. The lowest BCUT2D eigenvalue weighted by Gasteiger charge is -2.27. The van der Waals surface area contributed by atoms with Gasteiger partial charge in [0, 0.05) is 10.0 Å². The Hall–Kier alpha value is -0.120. The van der Waals surface area contributed by atoms with Gasteiger partial charge in [0.05, 0.1) is 5.02 Å². The van der Waals surface area contributed by atoms with Gasteiger partial charge in [-0.05, 0) is 66.7 Å². The van der Waals surface area contributed by atoms with Gasteiger partial charge < -0.3 is 5.32 Å². The van der Waals surface area contributed by atoms with Gasteiger partial charge in [-0.3, -0.25) is 0 Å². The third-order valence-corrected chi connectivity index (χ3v) is 4.62. The molecule has 1 nitrogen and oxygen atoms in total. The van der Waals surface area contributed by atoms with Crippen molar-refractivity contribution in [1.29, 1.82) is 0 Å². The van der Waals surface area contributed by atoms with E-state index in [0.717, 1.165) is 6.54 Å². The molecule has 1 N–H and O–H groups in total. The van der Waals surface area contributed by atoms with Crippen LogP contribution in [0.5, 0.6) is 0 Å². The topological polar surface area (TPSA) is 12.0 Å². The third-order valence-electron chi connectivity index (χ3n) is 3.36. The summed E-state index contributed by atoms with van der Waals surface area (Å²) in [5.41, 5.74) is 0.751. The van der Waals surface area contributed by atoms with Crippen LogP contribution >= 0.6 is 27.5 Å². The van der Waals surface area contributed by atoms with E-state index in [-0.39, 0.29) is 22.3 Å². The number of rotatable bonds is 4. The molecule has 0 saturated carbocycles. The fourth-order valence-corrected chi connectivity index (χ4v) is 2.32. The average Bonchev–Trinajstić information content (AvgIpc) is 2.31. The summed E-state index contributed by atoms with van der Waals surface area (Å²) in [5, 5.41) is 3.62. The second kappa shape index (κ2) is 6.55. The van der Waals surface area contributed by atoms with Gasteiger partial charge in [-0.2, -0.15) is 0 Å². The van der Waals surface area contributed by atoms with Gasteiger partial charge in [0.2, 0.25) is 0 Å². The highest BCUT2D eigenvalue weighted by Gasteiger charge is 2.21. The van der Waals surface area contributed by atoms with Crippen LogP contribution in [0.2, 0.25) is 5.02 Å². The largest absolute Gasteiger partial charge is 0.312 e. The van der Waals surface area contributed by atoms with Crippen LogP contribution in [0.25, 0.3) is 0 Å². The molecule has 19 heavy (non-hydrogen) atoms. The molecule has 1 aromatic rings. The van der Waals surface area contributed by atoms with Crippen molar-refractivity contribution in [2.24, 2.45) is 5.92 Å². The van der Waals surface area contributed by atoms with Crippen LogP contribution in [0.15, 0.2) is 16.6 Å². The summed E-state index contributed by atoms with van der Waals surface area (Å²) in [4.78, 5) is 0. The number of benzene rings is 1. The molecule has 0 spiro atoms. The zero-order valence-corrected chi connectivity index (χ0v) is 14.5. The molecule has 0 radical (unpaired) electrons. The monoisotopic (exact) mass is 349 g/mol. The Morgan fingerprint density at radius 3 is 2.42 bits per heavy atom. The minimum absolute atomic E-state index is 0.0733. The summed E-state index contributed by atoms with van der Waals surface area (Å²) in [5.74, 6) is 0.123. The molecule has 0 saturated heterocycles. The molecule has 1 aromatic carbocycles. The molecule has 4 heteroatoms. The van der Waals surface area contributed by atoms with Crippen molar-refractivity contribution in [2.75, 3.05) is 6.54 Å². The van der Waals surface area contributed by atoms with Crippen LogP contribution in [0, 0.1) is 11.7 Å². The Balaban J connectivity index is 2.83. The summed E-state index contributed by atoms with van der Waals surface area (Å²) in [6.45, 7) is 11.4. The van der Waals surface area contributed by atoms with E-state index in [1.807, 2.05) is 13.0 Å². The quantitative estimate of drug-likeness (QED) is 0.720. The number of hydrogen-bond acceptors (Lipinski definition) is 1. The Kier molecular flexibility index (Phi) is 5.84. The van der Waals surface area contributed by atoms with Crippen LogP contribution in [-0.2, 0) is 0 Å². The van der Waals surface area contributed by atoms with Crippen LogP contribution in [0.3, 0.4) is 0 Å². The number of nitrogens with one attached hydrogen (secondary N) is 1. The van der Waals surface area contributed by atoms with Gasteiger partial charge >= 0.3 is 0 Å². The van der Waals surface area contributed by atoms with Crippen LogP contribution in [0.1, 0.15) is 46.1 Å². The predicted octanol–water partition coefficient (Wildman–Crippen LogP) is 5.37. The molecular weight excluding hydrogens is 329 g/mol. The van der Waals surface area contributed by atoms with Crippen LogP contribution in [0.4, 0.5) is 4.39 Å². The van der Waals surface area contributed by atoms with Gasteiger partial charge in [0.15, 0.2) is 0 Å². The van der Waals surface area contributed by atoms with E-state index >= 15 is 0 Å². The first kappa shape index (κ1) is 16.9. The molecule has 0 aliphatic carbocycles. The average molecular weight is 351 g/mol. The van der Waals surface area contributed by atoms with Gasteiger partial charge in [-0.15, -0.1) is 0 Å². The summed E-state index contributed by atoms with van der Waals surface area (Å²) < 4.78 is 14.8. The molecular formula is C15H22BrClFN. The summed E-state index contributed by atoms with van der Waals surface area (Å²) in [6, 6.07) is 3.62.